The van der Waals surface area contributed by atoms with Crippen LogP contribution in [0.25, 0.3) is 0 Å². The molecule has 8 heteroatoms. The highest BCUT2D eigenvalue weighted by atomic mass is 19.4. The molecule has 116 valence electrons. The number of ether oxygens (including phenoxy) is 1. The Balaban J connectivity index is 2.73. The average molecular weight is 304 g/mol. The summed E-state index contributed by atoms with van der Waals surface area (Å²) in [5.74, 6) is -0.213. The van der Waals surface area contributed by atoms with Crippen molar-refractivity contribution in [1.29, 1.82) is 0 Å². The molecule has 1 aromatic rings. The van der Waals surface area contributed by atoms with Crippen LogP contribution in [0.4, 0.5) is 29.3 Å². The van der Waals surface area contributed by atoms with E-state index in [-0.39, 0.29) is 18.0 Å². The van der Waals surface area contributed by atoms with Gasteiger partial charge in [0.05, 0.1) is 0 Å². The van der Waals surface area contributed by atoms with E-state index in [0.717, 1.165) is 0 Å². The molecule has 2 N–H and O–H groups in total. The van der Waals surface area contributed by atoms with Crippen molar-refractivity contribution in [3.8, 4) is 0 Å². The standard InChI is InChI=1S/C13H15F3N2O3/c1-3-11(19)17-9-5-4-6-10(8(9)2)18-12(20)21-7-13(14,15)16/h4-6H,3,7H2,1-2H3,(H,17,19)(H,18,20). The van der Waals surface area contributed by atoms with Crippen LogP contribution in [0.1, 0.15) is 18.9 Å². The van der Waals surface area contributed by atoms with Gasteiger partial charge in [-0.1, -0.05) is 13.0 Å². The lowest BCUT2D eigenvalue weighted by Crippen LogP contribution is -2.23. The molecule has 0 saturated carbocycles. The molecule has 2 amide bonds. The van der Waals surface area contributed by atoms with Crippen LogP contribution in [0.15, 0.2) is 18.2 Å². The molecule has 0 bridgehead atoms. The third-order valence-electron chi connectivity index (χ3n) is 2.53. The largest absolute Gasteiger partial charge is 0.440 e. The second-order valence-corrected chi connectivity index (χ2v) is 4.20. The first-order valence-corrected chi connectivity index (χ1v) is 6.13. The molecule has 0 unspecified atom stereocenters. The van der Waals surface area contributed by atoms with Crippen molar-refractivity contribution in [2.45, 2.75) is 26.4 Å². The number of nitrogens with one attached hydrogen (secondary N) is 2. The van der Waals surface area contributed by atoms with Crippen LogP contribution in [-0.2, 0) is 9.53 Å². The Morgan fingerprint density at radius 2 is 1.76 bits per heavy atom. The van der Waals surface area contributed by atoms with Crippen LogP contribution < -0.4 is 10.6 Å². The van der Waals surface area contributed by atoms with Crippen molar-refractivity contribution < 1.29 is 27.5 Å². The van der Waals surface area contributed by atoms with Crippen LogP contribution in [0.5, 0.6) is 0 Å². The number of benzene rings is 1. The zero-order valence-corrected chi connectivity index (χ0v) is 11.5. The second kappa shape index (κ2) is 6.96. The van der Waals surface area contributed by atoms with Gasteiger partial charge in [0.15, 0.2) is 6.61 Å². The SMILES string of the molecule is CCC(=O)Nc1cccc(NC(=O)OCC(F)(F)F)c1C. The first-order valence-electron chi connectivity index (χ1n) is 6.13. The smallest absolute Gasteiger partial charge is 0.422 e. The highest BCUT2D eigenvalue weighted by molar-refractivity contribution is 5.94. The molecule has 0 spiro atoms. The Hall–Kier alpha value is -2.25. The molecule has 1 aromatic carbocycles. The van der Waals surface area contributed by atoms with Crippen molar-refractivity contribution in [3.63, 3.8) is 0 Å². The summed E-state index contributed by atoms with van der Waals surface area (Å²) in [4.78, 5) is 22.6. The minimum absolute atomic E-state index is 0.213. The lowest BCUT2D eigenvalue weighted by molar-refractivity contribution is -0.159. The Morgan fingerprint density at radius 1 is 1.19 bits per heavy atom. The predicted molar refractivity (Wildman–Crippen MR) is 71.1 cm³/mol. The number of carbonyl (C=O) groups is 2. The normalized spacial score (nSPS) is 10.9. The van der Waals surface area contributed by atoms with Crippen LogP contribution >= 0.6 is 0 Å². The first kappa shape index (κ1) is 16.8. The summed E-state index contributed by atoms with van der Waals surface area (Å²) >= 11 is 0. The second-order valence-electron chi connectivity index (χ2n) is 4.20. The molecule has 0 heterocycles. The average Bonchev–Trinajstić information content (AvgIpc) is 2.40. The molecule has 0 aliphatic heterocycles. The predicted octanol–water partition coefficient (Wildman–Crippen LogP) is 3.45. The molecular weight excluding hydrogens is 289 g/mol. The molecule has 0 aliphatic rings. The van der Waals surface area contributed by atoms with E-state index in [4.69, 9.17) is 0 Å². The summed E-state index contributed by atoms with van der Waals surface area (Å²) in [6.45, 7) is 1.63. The van der Waals surface area contributed by atoms with Crippen LogP contribution in [-0.4, -0.2) is 24.8 Å². The molecular formula is C13H15F3N2O3. The maximum Gasteiger partial charge on any atom is 0.422 e. The maximum atomic E-state index is 11.9. The fourth-order valence-corrected chi connectivity index (χ4v) is 1.44. The van der Waals surface area contributed by atoms with Gasteiger partial charge in [-0.2, -0.15) is 13.2 Å². The molecule has 21 heavy (non-hydrogen) atoms. The molecule has 0 radical (unpaired) electrons. The summed E-state index contributed by atoms with van der Waals surface area (Å²) in [6, 6.07) is 4.67. The quantitative estimate of drug-likeness (QED) is 0.895. The zero-order valence-electron chi connectivity index (χ0n) is 11.5. The summed E-state index contributed by atoms with van der Waals surface area (Å²) < 4.78 is 39.8. The van der Waals surface area contributed by atoms with Gasteiger partial charge in [-0.25, -0.2) is 4.79 Å². The Bertz CT molecular complexity index is 530. The van der Waals surface area contributed by atoms with Crippen molar-refractivity contribution in [2.24, 2.45) is 0 Å². The van der Waals surface area contributed by atoms with E-state index < -0.39 is 18.9 Å². The fraction of sp³-hybridized carbons (Fsp3) is 0.385. The van der Waals surface area contributed by atoms with E-state index in [1.807, 2.05) is 0 Å². The fourth-order valence-electron chi connectivity index (χ4n) is 1.44. The summed E-state index contributed by atoms with van der Waals surface area (Å²) in [7, 11) is 0. The van der Waals surface area contributed by atoms with E-state index in [1.165, 1.54) is 6.07 Å². The van der Waals surface area contributed by atoms with Gasteiger partial charge in [0.2, 0.25) is 5.91 Å². The van der Waals surface area contributed by atoms with E-state index >= 15 is 0 Å². The van der Waals surface area contributed by atoms with Gasteiger partial charge < -0.3 is 10.1 Å². The highest BCUT2D eigenvalue weighted by Crippen LogP contribution is 2.24. The van der Waals surface area contributed by atoms with Gasteiger partial charge in [-0.05, 0) is 24.6 Å². The number of amides is 2. The minimum Gasteiger partial charge on any atom is -0.440 e. The number of carbonyl (C=O) groups excluding carboxylic acids is 2. The van der Waals surface area contributed by atoms with Gasteiger partial charge in [-0.3, -0.25) is 10.1 Å². The van der Waals surface area contributed by atoms with Gasteiger partial charge in [0.1, 0.15) is 0 Å². The lowest BCUT2D eigenvalue weighted by Gasteiger charge is -2.13. The molecule has 1 rings (SSSR count). The van der Waals surface area contributed by atoms with E-state index in [9.17, 15) is 22.8 Å². The third-order valence-corrected chi connectivity index (χ3v) is 2.53. The lowest BCUT2D eigenvalue weighted by atomic mass is 10.1. The zero-order chi connectivity index (χ0) is 16.0. The van der Waals surface area contributed by atoms with Crippen molar-refractivity contribution in [3.05, 3.63) is 23.8 Å². The van der Waals surface area contributed by atoms with Gasteiger partial charge >= 0.3 is 12.3 Å². The monoisotopic (exact) mass is 304 g/mol. The Morgan fingerprint density at radius 3 is 2.29 bits per heavy atom. The van der Waals surface area contributed by atoms with Crippen molar-refractivity contribution >= 4 is 23.4 Å². The van der Waals surface area contributed by atoms with Crippen LogP contribution in [0, 0.1) is 6.92 Å². The number of rotatable bonds is 4. The molecule has 0 aliphatic carbocycles. The minimum atomic E-state index is -4.58. The van der Waals surface area contributed by atoms with E-state index in [0.29, 0.717) is 11.3 Å². The van der Waals surface area contributed by atoms with Crippen LogP contribution in [0.3, 0.4) is 0 Å². The number of anilines is 2. The topological polar surface area (TPSA) is 67.4 Å². The third kappa shape index (κ3) is 5.72. The van der Waals surface area contributed by atoms with Crippen molar-refractivity contribution in [1.82, 2.24) is 0 Å². The molecule has 5 nitrogen and oxygen atoms in total. The number of alkyl halides is 3. The van der Waals surface area contributed by atoms with E-state index in [2.05, 4.69) is 15.4 Å². The summed E-state index contributed by atoms with van der Waals surface area (Å²) in [6.07, 6.45) is -5.51. The Kier molecular flexibility index (Phi) is 5.57. The summed E-state index contributed by atoms with van der Waals surface area (Å²) in [5.41, 5.74) is 1.25. The first-order chi connectivity index (χ1) is 9.73. The Labute approximate surface area is 119 Å². The van der Waals surface area contributed by atoms with Gasteiger partial charge in [0, 0.05) is 17.8 Å². The van der Waals surface area contributed by atoms with Gasteiger partial charge in [0.25, 0.3) is 0 Å². The number of hydrogen-bond acceptors (Lipinski definition) is 3. The maximum absolute atomic E-state index is 11.9. The molecule has 0 fully saturated rings. The number of hydrogen-bond donors (Lipinski definition) is 2. The van der Waals surface area contributed by atoms with Crippen LogP contribution in [0.2, 0.25) is 0 Å². The molecule has 0 saturated heterocycles. The van der Waals surface area contributed by atoms with Gasteiger partial charge in [-0.15, -0.1) is 0 Å². The molecule has 0 aromatic heterocycles. The molecule has 0 atom stereocenters. The number of halogens is 3. The van der Waals surface area contributed by atoms with E-state index in [1.54, 1.807) is 26.0 Å². The highest BCUT2D eigenvalue weighted by Gasteiger charge is 2.29. The van der Waals surface area contributed by atoms with Crippen molar-refractivity contribution in [2.75, 3.05) is 17.2 Å². The summed E-state index contributed by atoms with van der Waals surface area (Å²) in [5, 5.41) is 4.82.